The Bertz CT molecular complexity index is 652. The quantitative estimate of drug-likeness (QED) is 0.819. The molecule has 3 atom stereocenters. The van der Waals surface area contributed by atoms with E-state index in [0.29, 0.717) is 5.69 Å². The normalized spacial score (nSPS) is 26.5. The molecule has 2 aliphatic rings. The third-order valence-electron chi connectivity index (χ3n) is 4.95. The molecule has 22 heavy (non-hydrogen) atoms. The number of hydrogen-bond donors (Lipinski definition) is 1. The van der Waals surface area contributed by atoms with E-state index in [4.69, 9.17) is 0 Å². The highest BCUT2D eigenvalue weighted by atomic mass is 32.2. The van der Waals surface area contributed by atoms with Gasteiger partial charge in [-0.1, -0.05) is 24.3 Å². The van der Waals surface area contributed by atoms with E-state index in [1.54, 1.807) is 7.05 Å². The van der Waals surface area contributed by atoms with Gasteiger partial charge in [-0.25, -0.2) is 8.42 Å². The van der Waals surface area contributed by atoms with Gasteiger partial charge in [-0.3, -0.25) is 4.31 Å². The highest BCUT2D eigenvalue weighted by molar-refractivity contribution is 7.92. The molecule has 0 amide bonds. The molecule has 4 nitrogen and oxygen atoms in total. The molecular weight excluding hydrogens is 296 g/mol. The number of sulfonamides is 1. The van der Waals surface area contributed by atoms with Crippen LogP contribution in [0.4, 0.5) is 5.69 Å². The standard InChI is InChI=1S/C17H24N2O2S/c1-19(22(2,20)21)17-7-4-13(5-8-17)11-18-12-16-10-14-3-6-15(16)9-14/h3-8,14-16,18H,9-12H2,1-2H3/t14-,15-,16-/m0/s1. The Labute approximate surface area is 133 Å². The Morgan fingerprint density at radius 2 is 1.91 bits per heavy atom. The van der Waals surface area contributed by atoms with Crippen molar-refractivity contribution < 1.29 is 8.42 Å². The Balaban J connectivity index is 1.50. The van der Waals surface area contributed by atoms with Gasteiger partial charge in [-0.2, -0.15) is 0 Å². The van der Waals surface area contributed by atoms with Crippen LogP contribution in [0.2, 0.25) is 0 Å². The average molecular weight is 320 g/mol. The van der Waals surface area contributed by atoms with Crippen LogP contribution in [0.3, 0.4) is 0 Å². The van der Waals surface area contributed by atoms with Crippen LogP contribution >= 0.6 is 0 Å². The van der Waals surface area contributed by atoms with Gasteiger partial charge in [0.05, 0.1) is 11.9 Å². The van der Waals surface area contributed by atoms with Gasteiger partial charge in [0, 0.05) is 13.6 Å². The molecule has 0 unspecified atom stereocenters. The maximum Gasteiger partial charge on any atom is 0.231 e. The van der Waals surface area contributed by atoms with Crippen molar-refractivity contribution in [3.63, 3.8) is 0 Å². The maximum atomic E-state index is 11.5. The first-order valence-electron chi connectivity index (χ1n) is 7.85. The fourth-order valence-corrected chi connectivity index (χ4v) is 4.05. The summed E-state index contributed by atoms with van der Waals surface area (Å²) < 4.78 is 24.3. The van der Waals surface area contributed by atoms with Gasteiger partial charge in [0.1, 0.15) is 0 Å². The van der Waals surface area contributed by atoms with Gasteiger partial charge in [0.2, 0.25) is 10.0 Å². The van der Waals surface area contributed by atoms with E-state index in [1.165, 1.54) is 29.0 Å². The van der Waals surface area contributed by atoms with Crippen LogP contribution in [-0.2, 0) is 16.6 Å². The molecule has 0 spiro atoms. The number of fused-ring (bicyclic) bond motifs is 2. The summed E-state index contributed by atoms with van der Waals surface area (Å²) in [5.41, 5.74) is 1.88. The molecule has 1 fully saturated rings. The highest BCUT2D eigenvalue weighted by Crippen LogP contribution is 2.42. The first-order chi connectivity index (χ1) is 10.4. The monoisotopic (exact) mass is 320 g/mol. The molecule has 5 heteroatoms. The molecule has 1 N–H and O–H groups in total. The zero-order valence-corrected chi connectivity index (χ0v) is 14.0. The van der Waals surface area contributed by atoms with E-state index in [0.717, 1.165) is 30.8 Å². The van der Waals surface area contributed by atoms with Crippen molar-refractivity contribution in [3.8, 4) is 0 Å². The van der Waals surface area contributed by atoms with E-state index in [1.807, 2.05) is 24.3 Å². The fraction of sp³-hybridized carbons (Fsp3) is 0.529. The third-order valence-corrected chi connectivity index (χ3v) is 6.16. The predicted octanol–water partition coefficient (Wildman–Crippen LogP) is 2.38. The molecule has 0 aliphatic heterocycles. The Hall–Kier alpha value is -1.33. The third kappa shape index (κ3) is 3.36. The van der Waals surface area contributed by atoms with Crippen LogP contribution < -0.4 is 9.62 Å². The summed E-state index contributed by atoms with van der Waals surface area (Å²) in [4.78, 5) is 0. The summed E-state index contributed by atoms with van der Waals surface area (Å²) in [7, 11) is -1.62. The first-order valence-corrected chi connectivity index (χ1v) is 9.70. The van der Waals surface area contributed by atoms with Crippen molar-refractivity contribution in [1.29, 1.82) is 0 Å². The lowest BCUT2D eigenvalue weighted by Gasteiger charge is -2.19. The smallest absolute Gasteiger partial charge is 0.231 e. The largest absolute Gasteiger partial charge is 0.312 e. The SMILES string of the molecule is CN(c1ccc(CNC[C@@H]2C[C@H]3C=C[C@H]2C3)cc1)S(C)(=O)=O. The molecule has 3 rings (SSSR count). The molecule has 0 saturated heterocycles. The van der Waals surface area contributed by atoms with E-state index in [2.05, 4.69) is 17.5 Å². The second-order valence-corrected chi connectivity index (χ2v) is 8.58. The first kappa shape index (κ1) is 15.6. The molecule has 1 aromatic carbocycles. The van der Waals surface area contributed by atoms with E-state index in [9.17, 15) is 8.42 Å². The lowest BCUT2D eigenvalue weighted by atomic mass is 9.93. The molecule has 1 saturated carbocycles. The van der Waals surface area contributed by atoms with E-state index in [-0.39, 0.29) is 0 Å². The summed E-state index contributed by atoms with van der Waals surface area (Å²) in [5, 5.41) is 3.54. The van der Waals surface area contributed by atoms with Crippen LogP contribution in [0.25, 0.3) is 0 Å². The highest BCUT2D eigenvalue weighted by Gasteiger charge is 2.34. The second-order valence-electron chi connectivity index (χ2n) is 6.57. The minimum absolute atomic E-state index is 0.699. The van der Waals surface area contributed by atoms with Crippen molar-refractivity contribution in [2.24, 2.45) is 17.8 Å². The Kier molecular flexibility index (Phi) is 4.28. The molecular formula is C17H24N2O2S. The van der Waals surface area contributed by atoms with Crippen LogP contribution in [0.1, 0.15) is 18.4 Å². The summed E-state index contributed by atoms with van der Waals surface area (Å²) >= 11 is 0. The van der Waals surface area contributed by atoms with Crippen molar-refractivity contribution in [3.05, 3.63) is 42.0 Å². The number of benzene rings is 1. The van der Waals surface area contributed by atoms with Crippen LogP contribution in [0.15, 0.2) is 36.4 Å². The summed E-state index contributed by atoms with van der Waals surface area (Å²) in [6.07, 6.45) is 8.64. The molecule has 1 aromatic rings. The van der Waals surface area contributed by atoms with Gasteiger partial charge in [-0.05, 0) is 54.8 Å². The van der Waals surface area contributed by atoms with Crippen molar-refractivity contribution in [2.45, 2.75) is 19.4 Å². The number of nitrogens with zero attached hydrogens (tertiary/aromatic N) is 1. The topological polar surface area (TPSA) is 49.4 Å². The van der Waals surface area contributed by atoms with Gasteiger partial charge < -0.3 is 5.32 Å². The van der Waals surface area contributed by atoms with E-state index >= 15 is 0 Å². The second kappa shape index (κ2) is 6.05. The average Bonchev–Trinajstić information content (AvgIpc) is 3.09. The molecule has 120 valence electrons. The Morgan fingerprint density at radius 3 is 2.45 bits per heavy atom. The number of hydrogen-bond acceptors (Lipinski definition) is 3. The summed E-state index contributed by atoms with van der Waals surface area (Å²) in [6.45, 7) is 1.90. The van der Waals surface area contributed by atoms with Crippen molar-refractivity contribution in [1.82, 2.24) is 5.32 Å². The predicted molar refractivity (Wildman–Crippen MR) is 90.2 cm³/mol. The van der Waals surface area contributed by atoms with E-state index < -0.39 is 10.0 Å². The zero-order valence-electron chi connectivity index (χ0n) is 13.2. The maximum absolute atomic E-state index is 11.5. The van der Waals surface area contributed by atoms with Gasteiger partial charge in [0.15, 0.2) is 0 Å². The summed E-state index contributed by atoms with van der Waals surface area (Å²) in [5.74, 6) is 2.39. The van der Waals surface area contributed by atoms with Crippen molar-refractivity contribution >= 4 is 15.7 Å². The number of allylic oxidation sites excluding steroid dienone is 2. The molecule has 2 aliphatic carbocycles. The van der Waals surface area contributed by atoms with Crippen LogP contribution in [-0.4, -0.2) is 28.3 Å². The van der Waals surface area contributed by atoms with Crippen molar-refractivity contribution in [2.75, 3.05) is 24.2 Å². The lowest BCUT2D eigenvalue weighted by molar-refractivity contribution is 0.414. The number of nitrogens with one attached hydrogen (secondary N) is 1. The lowest BCUT2D eigenvalue weighted by Crippen LogP contribution is -2.25. The van der Waals surface area contributed by atoms with Crippen LogP contribution in [0, 0.1) is 17.8 Å². The molecule has 2 bridgehead atoms. The number of rotatable bonds is 6. The molecule has 0 aromatic heterocycles. The molecule has 0 radical (unpaired) electrons. The minimum atomic E-state index is -3.19. The van der Waals surface area contributed by atoms with Crippen LogP contribution in [0.5, 0.6) is 0 Å². The Morgan fingerprint density at radius 1 is 1.18 bits per heavy atom. The number of anilines is 1. The minimum Gasteiger partial charge on any atom is -0.312 e. The molecule has 0 heterocycles. The van der Waals surface area contributed by atoms with Gasteiger partial charge in [-0.15, -0.1) is 0 Å². The zero-order chi connectivity index (χ0) is 15.7. The van der Waals surface area contributed by atoms with Gasteiger partial charge in [0.25, 0.3) is 0 Å². The van der Waals surface area contributed by atoms with Gasteiger partial charge >= 0.3 is 0 Å². The fourth-order valence-electron chi connectivity index (χ4n) is 3.55. The summed E-state index contributed by atoms with van der Waals surface area (Å²) in [6, 6.07) is 7.70.